The van der Waals surface area contributed by atoms with Gasteiger partial charge in [0.2, 0.25) is 0 Å². The Bertz CT molecular complexity index is 592. The van der Waals surface area contributed by atoms with Gasteiger partial charge in [-0.15, -0.1) is 0 Å². The minimum atomic E-state index is -0.494. The van der Waals surface area contributed by atoms with E-state index in [9.17, 15) is 5.11 Å². The van der Waals surface area contributed by atoms with E-state index in [-0.39, 0.29) is 23.0 Å². The van der Waals surface area contributed by atoms with Crippen molar-refractivity contribution in [1.82, 2.24) is 0 Å². The number of rotatable bonds is 0. The van der Waals surface area contributed by atoms with E-state index in [0.29, 0.717) is 57.4 Å². The van der Waals surface area contributed by atoms with E-state index in [2.05, 4.69) is 13.8 Å². The van der Waals surface area contributed by atoms with Crippen molar-refractivity contribution in [1.29, 1.82) is 0 Å². The lowest BCUT2D eigenvalue weighted by Gasteiger charge is -2.60. The van der Waals surface area contributed by atoms with Crippen LogP contribution in [0.15, 0.2) is 0 Å². The van der Waals surface area contributed by atoms with Crippen LogP contribution in [0.4, 0.5) is 0 Å². The highest BCUT2D eigenvalue weighted by molar-refractivity contribution is 5.14. The summed E-state index contributed by atoms with van der Waals surface area (Å²) in [6, 6.07) is 0. The zero-order chi connectivity index (χ0) is 20.1. The van der Waals surface area contributed by atoms with Gasteiger partial charge >= 0.3 is 0 Å². The van der Waals surface area contributed by atoms with Gasteiger partial charge in [0.15, 0.2) is 5.79 Å². The Kier molecular flexibility index (Phi) is 5.49. The number of ether oxygens (including phenoxy) is 5. The predicted octanol–water partition coefficient (Wildman–Crippen LogP) is 2.77. The average molecular weight is 411 g/mol. The van der Waals surface area contributed by atoms with Gasteiger partial charge in [-0.25, -0.2) is 0 Å². The summed E-state index contributed by atoms with van der Waals surface area (Å²) < 4.78 is 30.3. The Labute approximate surface area is 174 Å². The van der Waals surface area contributed by atoms with E-state index in [0.717, 1.165) is 45.1 Å². The molecule has 2 saturated heterocycles. The van der Waals surface area contributed by atoms with Gasteiger partial charge in [-0.3, -0.25) is 0 Å². The first-order valence-electron chi connectivity index (χ1n) is 11.7. The molecule has 2 aliphatic heterocycles. The van der Waals surface area contributed by atoms with Crippen LogP contribution in [0, 0.1) is 28.6 Å². The summed E-state index contributed by atoms with van der Waals surface area (Å²) in [6.45, 7) is 9.27. The molecule has 1 spiro atoms. The zero-order valence-corrected chi connectivity index (χ0v) is 18.1. The molecular weight excluding hydrogens is 372 g/mol. The molecule has 166 valence electrons. The summed E-state index contributed by atoms with van der Waals surface area (Å²) >= 11 is 0. The fraction of sp³-hybridized carbons (Fsp3) is 1.00. The molecule has 0 aromatic rings. The molecule has 5 fully saturated rings. The third-order valence-corrected chi connectivity index (χ3v) is 9.06. The Morgan fingerprint density at radius 2 is 1.55 bits per heavy atom. The second kappa shape index (κ2) is 7.72. The number of aliphatic hydroxyl groups excluding tert-OH is 1. The lowest BCUT2D eigenvalue weighted by molar-refractivity contribution is -0.265. The Morgan fingerprint density at radius 1 is 0.828 bits per heavy atom. The maximum Gasteiger partial charge on any atom is 0.174 e. The van der Waals surface area contributed by atoms with E-state index in [4.69, 9.17) is 23.7 Å². The van der Waals surface area contributed by atoms with Crippen molar-refractivity contribution >= 4 is 0 Å². The number of hydrogen-bond acceptors (Lipinski definition) is 6. The molecule has 2 bridgehead atoms. The summed E-state index contributed by atoms with van der Waals surface area (Å²) in [5, 5.41) is 11.5. The van der Waals surface area contributed by atoms with Crippen molar-refractivity contribution in [3.8, 4) is 0 Å². The molecule has 0 amide bonds. The van der Waals surface area contributed by atoms with E-state index in [1.54, 1.807) is 0 Å². The second-order valence-corrected chi connectivity index (χ2v) is 10.5. The first-order chi connectivity index (χ1) is 14.0. The normalized spacial score (nSPS) is 50.4. The minimum Gasteiger partial charge on any atom is -0.393 e. The van der Waals surface area contributed by atoms with Gasteiger partial charge in [0.25, 0.3) is 0 Å². The molecule has 0 radical (unpaired) electrons. The van der Waals surface area contributed by atoms with E-state index < -0.39 is 5.79 Å². The maximum atomic E-state index is 11.5. The summed E-state index contributed by atoms with van der Waals surface area (Å²) in [5.74, 6) is 0.735. The molecule has 29 heavy (non-hydrogen) atoms. The summed E-state index contributed by atoms with van der Waals surface area (Å²) in [5.41, 5.74) is -0.0978. The Hall–Kier alpha value is -0.240. The van der Waals surface area contributed by atoms with Gasteiger partial charge in [0, 0.05) is 18.4 Å². The van der Waals surface area contributed by atoms with Crippen molar-refractivity contribution in [2.75, 3.05) is 46.2 Å². The van der Waals surface area contributed by atoms with Crippen LogP contribution in [0.5, 0.6) is 0 Å². The molecule has 2 heterocycles. The lowest BCUT2D eigenvalue weighted by Crippen LogP contribution is -2.61. The second-order valence-electron chi connectivity index (χ2n) is 10.5. The molecule has 0 aromatic heterocycles. The third kappa shape index (κ3) is 3.30. The van der Waals surface area contributed by atoms with Gasteiger partial charge in [-0.1, -0.05) is 13.8 Å². The molecule has 3 aliphatic carbocycles. The van der Waals surface area contributed by atoms with Crippen LogP contribution in [0.3, 0.4) is 0 Å². The molecule has 3 saturated carbocycles. The maximum absolute atomic E-state index is 11.5. The number of aliphatic hydroxyl groups is 1. The topological polar surface area (TPSA) is 66.4 Å². The van der Waals surface area contributed by atoms with Crippen molar-refractivity contribution in [2.45, 2.75) is 70.4 Å². The number of hydrogen-bond donors (Lipinski definition) is 1. The van der Waals surface area contributed by atoms with Crippen molar-refractivity contribution in [3.05, 3.63) is 0 Å². The predicted molar refractivity (Wildman–Crippen MR) is 106 cm³/mol. The highest BCUT2D eigenvalue weighted by atomic mass is 16.7. The summed E-state index contributed by atoms with van der Waals surface area (Å²) in [7, 11) is 0. The van der Waals surface area contributed by atoms with Gasteiger partial charge in [-0.05, 0) is 55.3 Å². The first kappa shape index (κ1) is 20.7. The smallest absolute Gasteiger partial charge is 0.174 e. The lowest BCUT2D eigenvalue weighted by atomic mass is 9.47. The van der Waals surface area contributed by atoms with Gasteiger partial charge in [0.1, 0.15) is 0 Å². The molecule has 5 rings (SSSR count). The fourth-order valence-electron chi connectivity index (χ4n) is 7.88. The van der Waals surface area contributed by atoms with Gasteiger partial charge < -0.3 is 28.8 Å². The average Bonchev–Trinajstić information content (AvgIpc) is 3.25. The first-order valence-corrected chi connectivity index (χ1v) is 11.7. The van der Waals surface area contributed by atoms with E-state index in [1.807, 2.05) is 0 Å². The molecule has 1 N–H and O–H groups in total. The van der Waals surface area contributed by atoms with Crippen LogP contribution in [0.25, 0.3) is 0 Å². The van der Waals surface area contributed by atoms with Crippen LogP contribution in [0.1, 0.15) is 52.4 Å². The fourth-order valence-corrected chi connectivity index (χ4v) is 7.88. The number of fused-ring (bicyclic) bond motifs is 7. The SMILES string of the molecule is CC12CCOCCOCCOC(CC3C1C(O)CC1(C)C3CCC13OCCO3)C2. The highest BCUT2D eigenvalue weighted by Crippen LogP contribution is 2.67. The van der Waals surface area contributed by atoms with Gasteiger partial charge in [0.05, 0.1) is 51.8 Å². The van der Waals surface area contributed by atoms with Crippen LogP contribution in [0.2, 0.25) is 0 Å². The van der Waals surface area contributed by atoms with Crippen molar-refractivity contribution in [3.63, 3.8) is 0 Å². The monoisotopic (exact) mass is 410 g/mol. The molecule has 0 aromatic carbocycles. The molecule has 6 heteroatoms. The molecule has 7 unspecified atom stereocenters. The van der Waals surface area contributed by atoms with Crippen LogP contribution in [-0.2, 0) is 23.7 Å². The minimum absolute atomic E-state index is 0.0293. The quantitative estimate of drug-likeness (QED) is 0.662. The van der Waals surface area contributed by atoms with Gasteiger partial charge in [-0.2, -0.15) is 0 Å². The highest BCUT2D eigenvalue weighted by Gasteiger charge is 2.68. The van der Waals surface area contributed by atoms with E-state index >= 15 is 0 Å². The van der Waals surface area contributed by atoms with Crippen LogP contribution >= 0.6 is 0 Å². The standard InChI is InChI=1S/C23H38O6/c1-21-5-6-25-7-8-26-9-10-27-16(14-21)13-17-18-3-4-23(28-11-12-29-23)22(18,2)15-19(24)20(17)21/h16-20,24H,3-15H2,1-2H3. The molecule has 6 nitrogen and oxygen atoms in total. The molecule has 5 aliphatic rings. The largest absolute Gasteiger partial charge is 0.393 e. The van der Waals surface area contributed by atoms with E-state index in [1.165, 1.54) is 0 Å². The van der Waals surface area contributed by atoms with Crippen molar-refractivity contribution in [2.24, 2.45) is 28.6 Å². The van der Waals surface area contributed by atoms with Crippen molar-refractivity contribution < 1.29 is 28.8 Å². The van der Waals surface area contributed by atoms with Crippen LogP contribution in [-0.4, -0.2) is 69.3 Å². The molecule has 7 atom stereocenters. The summed E-state index contributed by atoms with van der Waals surface area (Å²) in [4.78, 5) is 0. The zero-order valence-electron chi connectivity index (χ0n) is 18.1. The molecular formula is C23H38O6. The van der Waals surface area contributed by atoms with Crippen LogP contribution < -0.4 is 0 Å². The Balaban J connectivity index is 1.45. The Morgan fingerprint density at radius 3 is 2.34 bits per heavy atom. The summed E-state index contributed by atoms with van der Waals surface area (Å²) in [6.07, 6.45) is 5.72. The third-order valence-electron chi connectivity index (χ3n) is 9.06.